The number of aromatic amines is 4. The van der Waals surface area contributed by atoms with Crippen LogP contribution in [0.4, 0.5) is 0 Å². The van der Waals surface area contributed by atoms with E-state index in [2.05, 4.69) is 246 Å². The number of aromatic nitrogens is 17. The first-order valence-corrected chi connectivity index (χ1v) is 59.2. The molecule has 0 saturated heterocycles. The third-order valence-corrected chi connectivity index (χ3v) is 30.8. The first-order valence-electron chi connectivity index (χ1n) is 45.9. The predicted octanol–water partition coefficient (Wildman–Crippen LogP) is 21.5. The number of fused-ring (bicyclic) bond motifs is 10. The van der Waals surface area contributed by atoms with E-state index in [1.165, 1.54) is 99.3 Å². The zero-order valence-corrected chi connectivity index (χ0v) is 83.9. The molecule has 0 amide bonds. The van der Waals surface area contributed by atoms with E-state index in [4.69, 9.17) is 49.4 Å². The molecule has 4 aliphatic carbocycles. The molecule has 10 heterocycles. The molecule has 680 valence electrons. The molecule has 4 aliphatic rings. The average Bonchev–Trinajstić information content (AvgIpc) is 1.59. The average molecular weight is 2040 g/mol. The fourth-order valence-electron chi connectivity index (χ4n) is 16.9. The van der Waals surface area contributed by atoms with E-state index in [-0.39, 0.29) is 11.6 Å². The summed E-state index contributed by atoms with van der Waals surface area (Å²) >= 11 is 4.59. The van der Waals surface area contributed by atoms with E-state index in [0.29, 0.717) is 44.2 Å². The number of ketones is 2. The maximum atomic E-state index is 11.1. The first kappa shape index (κ1) is 94.5. The van der Waals surface area contributed by atoms with Crippen molar-refractivity contribution < 1.29 is 38.6 Å². The Morgan fingerprint density at radius 1 is 0.409 bits per heavy atom. The number of H-pyrrole nitrogens is 4. The fourth-order valence-corrected chi connectivity index (χ4v) is 20.2. The third-order valence-electron chi connectivity index (χ3n) is 24.3. The van der Waals surface area contributed by atoms with Gasteiger partial charge in [-0.3, -0.25) is 34.4 Å². The monoisotopic (exact) mass is 2040 g/mol. The number of carbonyl (C=O) groups is 3. The maximum absolute atomic E-state index is 11.1. The smallest absolute Gasteiger partial charge is 0.423 e. The van der Waals surface area contributed by atoms with Crippen LogP contribution in [0.5, 0.6) is 0 Å². The summed E-state index contributed by atoms with van der Waals surface area (Å²) in [7, 11) is -4.76. The summed E-state index contributed by atoms with van der Waals surface area (Å²) in [6.45, 7) is 24.9. The van der Waals surface area contributed by atoms with E-state index in [1.54, 1.807) is 10.9 Å². The van der Waals surface area contributed by atoms with Crippen molar-refractivity contribution in [2.45, 2.75) is 200 Å². The number of Topliss-reactive ketones (excluding diaryl/α,β-unsaturated/α-hetero) is 2. The van der Waals surface area contributed by atoms with Gasteiger partial charge in [0, 0.05) is 167 Å². The van der Waals surface area contributed by atoms with Gasteiger partial charge >= 0.3 is 7.12 Å². The van der Waals surface area contributed by atoms with Crippen LogP contribution in [0.3, 0.4) is 0 Å². The van der Waals surface area contributed by atoms with Crippen LogP contribution in [-0.2, 0) is 82.5 Å². The number of ether oxygens (including phenoxy) is 3. The van der Waals surface area contributed by atoms with Crippen LogP contribution in [0, 0.1) is 7.14 Å². The lowest BCUT2D eigenvalue weighted by atomic mass is 9.78. The summed E-state index contributed by atoms with van der Waals surface area (Å²) < 4.78 is 25.8. The normalized spacial score (nSPS) is 13.9. The standard InChI is InChI=1S/C29H33N5OSi.C23H19N5.C20H27IN4OSi.C14H19IN2O2Si.C9H8BNO2.C6H8O2/c1-36(2,3)15-14-35-19-34-27-13-12-20(24-18-30-17-21-8-4-5-9-22(21)24)16-23(27)28(33-34)29-31-25-10-6-7-11-26(25)32-29;1-2-6-16-15(5-1)12-24-13-18(16)14-9-10-19-17(11-14)22(28-27-19)23-25-20-7-3-4-8-21(20)26-23;1-27(2,3)11-10-26-13-25-18-9-8-14(21)12-15(18)19(24-25)20-22-16-6-4-5-7-17(16)23-20;1-20(2,3)7-6-19-10-17-14-5-4-11(15)8-12(14)13(9-18)16-17;12-10(13)9-6-11-5-7-3-1-2-4-8(7)9;7-5-3-1-2-4-6(5)8/h4-5,8-9,12-13,16-18H,6-7,10-11,14-15,19H2,1-3H3,(H,31,32);1-2,5-6,9-13H,3-4,7-8H2,(H,25,26)(H,27,28);8-9,12H,4-7,10-11,13H2,1-3H3,(H,22,23);4-5,8-9H,6-7,10H2,1-3H3;1-6,12-13H;1-4H2. The summed E-state index contributed by atoms with van der Waals surface area (Å²) in [5, 5.41) is 50.6. The van der Waals surface area contributed by atoms with Gasteiger partial charge in [-0.25, -0.2) is 29.0 Å². The fraction of sp³-hybridized carbons (Fsp3) is 0.337. The Morgan fingerprint density at radius 2 is 0.788 bits per heavy atom. The Bertz CT molecular complexity index is 6880. The van der Waals surface area contributed by atoms with Crippen LogP contribution in [0.15, 0.2) is 183 Å². The van der Waals surface area contributed by atoms with Crippen LogP contribution in [-0.4, -0.2) is 163 Å². The number of carbonyl (C=O) groups excluding carboxylic acids is 3. The molecule has 21 rings (SSSR count). The van der Waals surface area contributed by atoms with Gasteiger partial charge in [-0.05, 0) is 247 Å². The van der Waals surface area contributed by atoms with Crippen LogP contribution in [0.2, 0.25) is 77.1 Å². The van der Waals surface area contributed by atoms with Crippen LogP contribution in [0.25, 0.3) is 133 Å². The number of aldehydes is 1. The molecule has 0 atom stereocenters. The molecule has 25 nitrogen and oxygen atoms in total. The number of hydrogen-bond donors (Lipinski definition) is 6. The minimum absolute atomic E-state index is 0.170. The number of hydrogen-bond acceptors (Lipinski definition) is 18. The number of nitrogens with one attached hydrogen (secondary N) is 4. The lowest BCUT2D eigenvalue weighted by molar-refractivity contribution is -0.137. The zero-order valence-electron chi connectivity index (χ0n) is 76.6. The molecule has 0 unspecified atom stereocenters. The van der Waals surface area contributed by atoms with Gasteiger partial charge in [0.25, 0.3) is 0 Å². The number of aryl methyl sites for hydroxylation is 6. The molecule has 10 aromatic heterocycles. The van der Waals surface area contributed by atoms with Crippen molar-refractivity contribution in [3.8, 4) is 56.8 Å². The van der Waals surface area contributed by atoms with Crippen molar-refractivity contribution in [1.29, 1.82) is 0 Å². The topological polar surface area (TPSA) is 326 Å². The lowest BCUT2D eigenvalue weighted by Crippen LogP contribution is -2.30. The van der Waals surface area contributed by atoms with Crippen molar-refractivity contribution in [2.24, 2.45) is 0 Å². The number of halogens is 2. The van der Waals surface area contributed by atoms with Gasteiger partial charge in [0.15, 0.2) is 35.3 Å². The summed E-state index contributed by atoms with van der Waals surface area (Å²) in [5.74, 6) is 2.29. The first-order chi connectivity index (χ1) is 63.7. The number of pyridine rings is 3. The number of rotatable bonds is 22. The number of benzene rings is 7. The van der Waals surface area contributed by atoms with E-state index in [9.17, 15) is 14.4 Å². The molecule has 132 heavy (non-hydrogen) atoms. The second-order valence-corrected chi connectivity index (χ2v) is 57.3. The highest BCUT2D eigenvalue weighted by molar-refractivity contribution is 14.1. The molecule has 1 saturated carbocycles. The van der Waals surface area contributed by atoms with Gasteiger partial charge in [-0.2, -0.15) is 20.4 Å². The van der Waals surface area contributed by atoms with Gasteiger partial charge in [0.2, 0.25) is 0 Å². The van der Waals surface area contributed by atoms with Crippen LogP contribution in [0.1, 0.15) is 109 Å². The minimum Gasteiger partial charge on any atom is -0.423 e. The summed E-state index contributed by atoms with van der Waals surface area (Å²) in [4.78, 5) is 70.2. The van der Waals surface area contributed by atoms with Gasteiger partial charge in [0.1, 0.15) is 43.0 Å². The molecule has 6 N–H and O–H groups in total. The van der Waals surface area contributed by atoms with Crippen molar-refractivity contribution in [3.63, 3.8) is 0 Å². The second kappa shape index (κ2) is 42.7. The van der Waals surface area contributed by atoms with Crippen molar-refractivity contribution in [3.05, 3.63) is 230 Å². The Labute approximate surface area is 798 Å². The van der Waals surface area contributed by atoms with Crippen LogP contribution < -0.4 is 5.46 Å². The molecule has 7 aromatic carbocycles. The Morgan fingerprint density at radius 3 is 1.23 bits per heavy atom. The largest absolute Gasteiger partial charge is 0.490 e. The summed E-state index contributed by atoms with van der Waals surface area (Å²) in [5.41, 5.74) is 19.7. The summed E-state index contributed by atoms with van der Waals surface area (Å²) in [6, 6.07) is 53.1. The van der Waals surface area contributed by atoms with E-state index in [1.807, 2.05) is 82.7 Å². The number of nitrogens with zero attached hydrogens (tertiary/aromatic N) is 13. The molecule has 31 heteroatoms. The minimum atomic E-state index is -1.46. The molecule has 1 fully saturated rings. The van der Waals surface area contributed by atoms with Gasteiger partial charge in [-0.1, -0.05) is 144 Å². The molecule has 0 aliphatic heterocycles. The van der Waals surface area contributed by atoms with E-state index in [0.717, 1.165) is 215 Å². The molecule has 17 aromatic rings. The van der Waals surface area contributed by atoms with Gasteiger partial charge < -0.3 is 39.2 Å². The van der Waals surface area contributed by atoms with Gasteiger partial charge in [0.05, 0.1) is 39.1 Å². The van der Waals surface area contributed by atoms with Crippen molar-refractivity contribution in [2.75, 3.05) is 19.8 Å². The molecule has 0 radical (unpaired) electrons. The molecule has 0 spiro atoms. The third kappa shape index (κ3) is 23.4. The highest BCUT2D eigenvalue weighted by atomic mass is 127. The molecule has 0 bridgehead atoms. The molecular weight excluding hydrogens is 1930 g/mol. The van der Waals surface area contributed by atoms with Crippen molar-refractivity contribution in [1.82, 2.24) is 84.4 Å². The maximum Gasteiger partial charge on any atom is 0.490 e. The van der Waals surface area contributed by atoms with Crippen molar-refractivity contribution >= 4 is 176 Å². The Hall–Kier alpha value is -10.7. The Balaban J connectivity index is 0.000000121. The number of imidazole rings is 3. The Kier molecular flexibility index (Phi) is 30.5. The quantitative estimate of drug-likeness (QED) is 0.0121. The second-order valence-electron chi connectivity index (χ2n) is 38.0. The van der Waals surface area contributed by atoms with Gasteiger partial charge in [-0.15, -0.1) is 0 Å². The van der Waals surface area contributed by atoms with Crippen LogP contribution >= 0.6 is 45.2 Å². The zero-order chi connectivity index (χ0) is 92.2. The molecular formula is C101H114BI2N17O8Si3. The highest BCUT2D eigenvalue weighted by Gasteiger charge is 2.27. The SMILES string of the molecule is C[Si](C)(C)CCOCn1nc(-c2nc3c([nH]2)CCCC3)c2cc(-c3cncc4ccccc34)ccc21.C[Si](C)(C)CCOCn1nc(-c2nc3c([nH]2)CCCC3)c2cc(I)ccc21.C[Si](C)(C)CCOCn1nc(C=O)c2cc(I)ccc21.O=C1CCCCC1=O.OB(O)c1cncc2ccccc12.c1ccc2c(-c3ccc4[nH]nc(-c5nc6c([nH]5)CCCC6)c4c3)cncc2c1. The van der Waals surface area contributed by atoms with E-state index >= 15 is 0 Å². The lowest BCUT2D eigenvalue weighted by Gasteiger charge is -2.15. The summed E-state index contributed by atoms with van der Waals surface area (Å²) in [6.07, 6.45) is 28.2. The van der Waals surface area contributed by atoms with E-state index < -0.39 is 31.3 Å². The predicted molar refractivity (Wildman–Crippen MR) is 553 cm³/mol. The highest BCUT2D eigenvalue weighted by Crippen LogP contribution is 2.39.